The number of aliphatic carboxylic acids is 1. The minimum Gasteiger partial charge on any atom is -0.481 e. The summed E-state index contributed by atoms with van der Waals surface area (Å²) in [5, 5.41) is 12.5. The number of halogens is 3. The van der Waals surface area contributed by atoms with Crippen molar-refractivity contribution >= 4 is 11.7 Å². The van der Waals surface area contributed by atoms with Gasteiger partial charge in [-0.1, -0.05) is 17.3 Å². The highest BCUT2D eigenvalue weighted by Crippen LogP contribution is 2.29. The molecule has 0 fully saturated rings. The Hall–Kier alpha value is -2.97. The number of oxime groups is 1. The minimum atomic E-state index is -4.37. The van der Waals surface area contributed by atoms with Crippen molar-refractivity contribution < 1.29 is 27.9 Å². The molecule has 9 heteroatoms. The molecule has 1 aromatic carbocycles. The van der Waals surface area contributed by atoms with Crippen molar-refractivity contribution in [2.24, 2.45) is 5.16 Å². The van der Waals surface area contributed by atoms with E-state index >= 15 is 0 Å². The van der Waals surface area contributed by atoms with Crippen molar-refractivity contribution in [2.45, 2.75) is 32.5 Å². The van der Waals surface area contributed by atoms with Crippen LogP contribution in [0.25, 0.3) is 0 Å². The van der Waals surface area contributed by atoms with Gasteiger partial charge in [-0.25, -0.2) is 9.97 Å². The van der Waals surface area contributed by atoms with Crippen LogP contribution < -0.4 is 0 Å². The molecule has 0 aliphatic carbocycles. The molecular formula is C17H16F3N3O3. The molecule has 26 heavy (non-hydrogen) atoms. The van der Waals surface area contributed by atoms with Gasteiger partial charge in [0.05, 0.1) is 17.7 Å². The van der Waals surface area contributed by atoms with E-state index in [0.717, 1.165) is 12.1 Å². The molecule has 1 aromatic heterocycles. The Morgan fingerprint density at radius 1 is 1.19 bits per heavy atom. The van der Waals surface area contributed by atoms with E-state index in [1.165, 1.54) is 24.5 Å². The molecule has 0 amide bonds. The van der Waals surface area contributed by atoms with E-state index in [2.05, 4.69) is 15.1 Å². The van der Waals surface area contributed by atoms with Crippen LogP contribution in [0.5, 0.6) is 0 Å². The molecule has 0 aliphatic rings. The van der Waals surface area contributed by atoms with Gasteiger partial charge in [0, 0.05) is 24.4 Å². The van der Waals surface area contributed by atoms with Crippen LogP contribution in [0.3, 0.4) is 0 Å². The number of aromatic nitrogens is 2. The topological polar surface area (TPSA) is 84.7 Å². The van der Waals surface area contributed by atoms with E-state index in [1.807, 2.05) is 0 Å². The normalized spacial score (nSPS) is 12.1. The number of hydrogen-bond donors (Lipinski definition) is 1. The van der Waals surface area contributed by atoms with Crippen LogP contribution in [0, 0.1) is 0 Å². The van der Waals surface area contributed by atoms with Crippen LogP contribution in [0.4, 0.5) is 13.2 Å². The Balaban J connectivity index is 1.90. The molecule has 1 heterocycles. The van der Waals surface area contributed by atoms with E-state index < -0.39 is 17.7 Å². The Kier molecular flexibility index (Phi) is 6.26. The number of hydrogen-bond acceptors (Lipinski definition) is 5. The van der Waals surface area contributed by atoms with Crippen molar-refractivity contribution in [2.75, 3.05) is 0 Å². The van der Waals surface area contributed by atoms with E-state index in [4.69, 9.17) is 9.94 Å². The van der Waals surface area contributed by atoms with Crippen LogP contribution in [-0.4, -0.2) is 26.8 Å². The lowest BCUT2D eigenvalue weighted by Crippen LogP contribution is -2.05. The third kappa shape index (κ3) is 5.83. The summed E-state index contributed by atoms with van der Waals surface area (Å²) in [6.07, 6.45) is -1.18. The fourth-order valence-electron chi connectivity index (χ4n) is 1.94. The maximum absolute atomic E-state index is 12.5. The van der Waals surface area contributed by atoms with Gasteiger partial charge in [-0.3, -0.25) is 4.79 Å². The summed E-state index contributed by atoms with van der Waals surface area (Å²) in [4.78, 5) is 23.8. The van der Waals surface area contributed by atoms with Gasteiger partial charge < -0.3 is 9.94 Å². The van der Waals surface area contributed by atoms with Gasteiger partial charge in [-0.2, -0.15) is 13.2 Å². The predicted octanol–water partition coefficient (Wildman–Crippen LogP) is 3.45. The second kappa shape index (κ2) is 8.41. The van der Waals surface area contributed by atoms with E-state index in [9.17, 15) is 18.0 Å². The van der Waals surface area contributed by atoms with Crippen LogP contribution in [-0.2, 0) is 28.8 Å². The summed E-state index contributed by atoms with van der Waals surface area (Å²) >= 11 is 0. The number of aryl methyl sites for hydroxylation is 1. The maximum atomic E-state index is 12.5. The molecule has 0 unspecified atom stereocenters. The molecule has 0 aliphatic heterocycles. The first-order valence-electron chi connectivity index (χ1n) is 7.61. The first-order valence-corrected chi connectivity index (χ1v) is 7.61. The zero-order valence-electron chi connectivity index (χ0n) is 13.8. The van der Waals surface area contributed by atoms with Crippen LogP contribution in [0.2, 0.25) is 0 Å². The molecular weight excluding hydrogens is 351 g/mol. The molecule has 2 rings (SSSR count). The number of nitrogens with zero attached hydrogens (tertiary/aromatic N) is 3. The lowest BCUT2D eigenvalue weighted by atomic mass is 10.1. The molecule has 1 N–H and O–H groups in total. The highest BCUT2D eigenvalue weighted by Gasteiger charge is 2.29. The van der Waals surface area contributed by atoms with Crippen molar-refractivity contribution in [3.8, 4) is 0 Å². The van der Waals surface area contributed by atoms with Crippen LogP contribution in [0.1, 0.15) is 35.9 Å². The van der Waals surface area contributed by atoms with Crippen molar-refractivity contribution in [3.63, 3.8) is 0 Å². The van der Waals surface area contributed by atoms with Gasteiger partial charge in [0.1, 0.15) is 12.4 Å². The number of carboxylic acids is 1. The van der Waals surface area contributed by atoms with Crippen molar-refractivity contribution in [1.29, 1.82) is 0 Å². The second-order valence-corrected chi connectivity index (χ2v) is 5.43. The highest BCUT2D eigenvalue weighted by molar-refractivity contribution is 5.97. The van der Waals surface area contributed by atoms with Gasteiger partial charge in [0.15, 0.2) is 0 Å². The molecule has 0 bridgehead atoms. The largest absolute Gasteiger partial charge is 0.481 e. The zero-order valence-corrected chi connectivity index (χ0v) is 13.8. The molecule has 138 valence electrons. The Morgan fingerprint density at radius 3 is 2.35 bits per heavy atom. The van der Waals surface area contributed by atoms with Gasteiger partial charge >= 0.3 is 12.1 Å². The molecule has 2 aromatic rings. The monoisotopic (exact) mass is 367 g/mol. The first-order chi connectivity index (χ1) is 12.3. The average Bonchev–Trinajstić information content (AvgIpc) is 2.60. The number of carbonyl (C=O) groups is 1. The van der Waals surface area contributed by atoms with Crippen LogP contribution >= 0.6 is 0 Å². The van der Waals surface area contributed by atoms with Gasteiger partial charge in [-0.15, -0.1) is 0 Å². The van der Waals surface area contributed by atoms with E-state index in [0.29, 0.717) is 22.7 Å². The fraction of sp³-hybridized carbons (Fsp3) is 0.294. The summed E-state index contributed by atoms with van der Waals surface area (Å²) in [5.41, 5.74) is 0.911. The Bertz CT molecular complexity index is 773. The molecule has 6 nitrogen and oxygen atoms in total. The minimum absolute atomic E-state index is 0.0209. The fourth-order valence-corrected chi connectivity index (χ4v) is 1.94. The van der Waals surface area contributed by atoms with Crippen LogP contribution in [0.15, 0.2) is 41.8 Å². The first kappa shape index (κ1) is 19.4. The zero-order chi connectivity index (χ0) is 19.2. The Morgan fingerprint density at radius 2 is 1.81 bits per heavy atom. The third-order valence-corrected chi connectivity index (χ3v) is 3.40. The number of rotatable bonds is 7. The third-order valence-electron chi connectivity index (χ3n) is 3.40. The lowest BCUT2D eigenvalue weighted by molar-refractivity contribution is -0.138. The summed E-state index contributed by atoms with van der Waals surface area (Å²) in [6.45, 7) is 1.69. The lowest BCUT2D eigenvalue weighted by Gasteiger charge is -2.07. The van der Waals surface area contributed by atoms with E-state index in [-0.39, 0.29) is 19.4 Å². The second-order valence-electron chi connectivity index (χ2n) is 5.43. The summed E-state index contributed by atoms with van der Waals surface area (Å²) in [5.74, 6) is -0.512. The molecule has 0 radical (unpaired) electrons. The van der Waals surface area contributed by atoms with Gasteiger partial charge in [0.2, 0.25) is 0 Å². The van der Waals surface area contributed by atoms with Gasteiger partial charge in [0.25, 0.3) is 0 Å². The highest BCUT2D eigenvalue weighted by atomic mass is 19.4. The molecule has 0 saturated carbocycles. The van der Waals surface area contributed by atoms with Crippen molar-refractivity contribution in [3.05, 3.63) is 59.2 Å². The summed E-state index contributed by atoms with van der Waals surface area (Å²) in [7, 11) is 0. The number of benzene rings is 1. The number of carboxylic acid groups (broad SMARTS) is 1. The summed E-state index contributed by atoms with van der Waals surface area (Å²) < 4.78 is 37.5. The molecule has 0 spiro atoms. The SMILES string of the molecule is C/C(=N\OCc1ccc(C(F)(F)F)cc1)c1cnc(CCC(=O)O)nc1. The quantitative estimate of drug-likeness (QED) is 0.598. The Labute approximate surface area is 147 Å². The maximum Gasteiger partial charge on any atom is 0.416 e. The number of alkyl halides is 3. The van der Waals surface area contributed by atoms with Crippen molar-refractivity contribution in [1.82, 2.24) is 9.97 Å². The van der Waals surface area contributed by atoms with E-state index in [1.54, 1.807) is 6.92 Å². The predicted molar refractivity (Wildman–Crippen MR) is 86.4 cm³/mol. The smallest absolute Gasteiger partial charge is 0.416 e. The van der Waals surface area contributed by atoms with Gasteiger partial charge in [-0.05, 0) is 24.6 Å². The summed E-state index contributed by atoms with van der Waals surface area (Å²) in [6, 6.07) is 4.62. The molecule has 0 atom stereocenters. The standard InChI is InChI=1S/C17H16F3N3O3/c1-11(13-8-21-15(22-9-13)6-7-16(24)25)23-26-10-12-2-4-14(5-3-12)17(18,19)20/h2-5,8-9H,6-7,10H2,1H3,(H,24,25)/b23-11+. The average molecular weight is 367 g/mol. The molecule has 0 saturated heterocycles.